The summed E-state index contributed by atoms with van der Waals surface area (Å²) in [7, 11) is 0. The van der Waals surface area contributed by atoms with Crippen LogP contribution in [-0.2, 0) is 23.9 Å². The van der Waals surface area contributed by atoms with Crippen LogP contribution in [0.2, 0.25) is 0 Å². The van der Waals surface area contributed by atoms with Crippen molar-refractivity contribution in [1.29, 1.82) is 0 Å². The Morgan fingerprint density at radius 1 is 1.05 bits per heavy atom. The van der Waals surface area contributed by atoms with Crippen molar-refractivity contribution < 1.29 is 29.0 Å². The molecule has 0 aliphatic carbocycles. The second kappa shape index (κ2) is 13.1. The van der Waals surface area contributed by atoms with Gasteiger partial charge in [0.15, 0.2) is 5.12 Å². The number of carbonyl (C=O) groups excluding carboxylic acids is 3. The maximum atomic E-state index is 11.5. The van der Waals surface area contributed by atoms with Gasteiger partial charge in [0.25, 0.3) is 0 Å². The maximum absolute atomic E-state index is 11.5. The fourth-order valence-corrected chi connectivity index (χ4v) is 2.14. The number of aliphatic carboxylic acids is 1. The van der Waals surface area contributed by atoms with E-state index < -0.39 is 11.9 Å². The van der Waals surface area contributed by atoms with Gasteiger partial charge in [-0.2, -0.15) is 0 Å². The van der Waals surface area contributed by atoms with E-state index >= 15 is 0 Å². The van der Waals surface area contributed by atoms with Crippen molar-refractivity contribution in [3.05, 3.63) is 0 Å². The first-order valence-electron chi connectivity index (χ1n) is 7.19. The molecule has 0 aliphatic heterocycles. The first-order chi connectivity index (χ1) is 10.4. The van der Waals surface area contributed by atoms with Gasteiger partial charge >= 0.3 is 11.9 Å². The average Bonchev–Trinajstić information content (AvgIpc) is 2.44. The zero-order valence-corrected chi connectivity index (χ0v) is 13.6. The molecule has 0 radical (unpaired) electrons. The molecule has 0 heterocycles. The molecule has 0 saturated heterocycles. The van der Waals surface area contributed by atoms with Gasteiger partial charge < -0.3 is 15.2 Å². The lowest BCUT2D eigenvalue weighted by molar-refractivity contribution is -0.147. The Hall–Kier alpha value is -1.57. The largest absolute Gasteiger partial charge is 0.481 e. The lowest BCUT2D eigenvalue weighted by Crippen LogP contribution is -2.27. The van der Waals surface area contributed by atoms with E-state index in [1.54, 1.807) is 0 Å². The Kier molecular flexibility index (Phi) is 12.2. The number of hydrogen-bond acceptors (Lipinski definition) is 6. The van der Waals surface area contributed by atoms with Crippen molar-refractivity contribution in [1.82, 2.24) is 5.32 Å². The molecule has 7 nitrogen and oxygen atoms in total. The normalized spacial score (nSPS) is 10.0. The topological polar surface area (TPSA) is 110 Å². The van der Waals surface area contributed by atoms with Crippen LogP contribution in [-0.4, -0.2) is 47.0 Å². The molecule has 0 aliphatic rings. The summed E-state index contributed by atoms with van der Waals surface area (Å²) in [5, 5.41) is 11.1. The molecule has 2 N–H and O–H groups in total. The van der Waals surface area contributed by atoms with E-state index in [0.29, 0.717) is 6.42 Å². The van der Waals surface area contributed by atoms with Crippen molar-refractivity contribution in [2.45, 2.75) is 45.4 Å². The van der Waals surface area contributed by atoms with E-state index in [9.17, 15) is 19.2 Å². The predicted octanol–water partition coefficient (Wildman–Crippen LogP) is 1.35. The standard InChI is InChI=1S/C14H23NO6S/c1-11(16)22-10-4-2-3-5-12(17)15-8-9-21-14(20)7-6-13(18)19/h2-10H2,1H3,(H,15,17)(H,18,19). The molecule has 0 fully saturated rings. The van der Waals surface area contributed by atoms with E-state index in [1.807, 2.05) is 0 Å². The summed E-state index contributed by atoms with van der Waals surface area (Å²) in [5.41, 5.74) is 0. The minimum atomic E-state index is -1.05. The fourth-order valence-electron chi connectivity index (χ4n) is 1.51. The molecule has 0 aromatic carbocycles. The highest BCUT2D eigenvalue weighted by Crippen LogP contribution is 2.08. The lowest BCUT2D eigenvalue weighted by Gasteiger charge is -2.06. The number of rotatable bonds is 12. The van der Waals surface area contributed by atoms with Crippen LogP contribution in [0.15, 0.2) is 0 Å². The van der Waals surface area contributed by atoms with Crippen molar-refractivity contribution >= 4 is 34.7 Å². The van der Waals surface area contributed by atoms with Gasteiger partial charge in [-0.3, -0.25) is 19.2 Å². The zero-order chi connectivity index (χ0) is 16.8. The quantitative estimate of drug-likeness (QED) is 0.410. The minimum absolute atomic E-state index is 0.0411. The summed E-state index contributed by atoms with van der Waals surface area (Å²) in [5.74, 6) is -0.962. The van der Waals surface area contributed by atoms with Gasteiger partial charge in [0.2, 0.25) is 5.91 Å². The highest BCUT2D eigenvalue weighted by molar-refractivity contribution is 8.13. The summed E-state index contributed by atoms with van der Waals surface area (Å²) in [6.07, 6.45) is 2.52. The summed E-state index contributed by atoms with van der Waals surface area (Å²) < 4.78 is 4.77. The van der Waals surface area contributed by atoms with Gasteiger partial charge in [0.05, 0.1) is 19.4 Å². The number of unbranched alkanes of at least 4 members (excludes halogenated alkanes) is 2. The number of nitrogens with one attached hydrogen (secondary N) is 1. The van der Waals surface area contributed by atoms with E-state index in [0.717, 1.165) is 25.0 Å². The number of carboxylic acids is 1. The zero-order valence-electron chi connectivity index (χ0n) is 12.8. The van der Waals surface area contributed by atoms with E-state index in [2.05, 4.69) is 5.32 Å². The van der Waals surface area contributed by atoms with Crippen LogP contribution in [0.4, 0.5) is 0 Å². The number of carbonyl (C=O) groups is 4. The maximum Gasteiger partial charge on any atom is 0.306 e. The molecule has 0 spiro atoms. The van der Waals surface area contributed by atoms with Crippen LogP contribution in [0, 0.1) is 0 Å². The molecule has 0 bridgehead atoms. The number of thioether (sulfide) groups is 1. The lowest BCUT2D eigenvalue weighted by atomic mass is 10.2. The summed E-state index contributed by atoms with van der Waals surface area (Å²) in [4.78, 5) is 43.5. The third kappa shape index (κ3) is 14.8. The van der Waals surface area contributed by atoms with Gasteiger partial charge in [-0.15, -0.1) is 0 Å². The molecule has 0 aromatic rings. The first kappa shape index (κ1) is 20.4. The SMILES string of the molecule is CC(=O)SCCCCCC(=O)NCCOC(=O)CCC(=O)O. The smallest absolute Gasteiger partial charge is 0.306 e. The van der Waals surface area contributed by atoms with Crippen molar-refractivity contribution in [2.75, 3.05) is 18.9 Å². The number of amides is 1. The number of esters is 1. The van der Waals surface area contributed by atoms with Gasteiger partial charge in [0.1, 0.15) is 6.61 Å². The molecule has 0 atom stereocenters. The molecule has 8 heteroatoms. The van der Waals surface area contributed by atoms with Gasteiger partial charge in [-0.05, 0) is 12.8 Å². The summed E-state index contributed by atoms with van der Waals surface area (Å²) in [6.45, 7) is 1.80. The predicted molar refractivity (Wildman–Crippen MR) is 82.4 cm³/mol. The second-order valence-corrected chi connectivity index (χ2v) is 5.89. The second-order valence-electron chi connectivity index (χ2n) is 4.61. The van der Waals surface area contributed by atoms with Crippen molar-refractivity contribution in [3.8, 4) is 0 Å². The molecule has 0 rings (SSSR count). The van der Waals surface area contributed by atoms with Crippen LogP contribution in [0.5, 0.6) is 0 Å². The van der Waals surface area contributed by atoms with Crippen LogP contribution >= 0.6 is 11.8 Å². The minimum Gasteiger partial charge on any atom is -0.481 e. The van der Waals surface area contributed by atoms with Crippen LogP contribution in [0.1, 0.15) is 45.4 Å². The molecule has 0 unspecified atom stereocenters. The Labute approximate surface area is 134 Å². The number of ether oxygens (including phenoxy) is 1. The Balaban J connectivity index is 3.41. The van der Waals surface area contributed by atoms with Gasteiger partial charge in [-0.25, -0.2) is 0 Å². The van der Waals surface area contributed by atoms with Gasteiger partial charge in [0, 0.05) is 19.1 Å². The summed E-state index contributed by atoms with van der Waals surface area (Å²) >= 11 is 1.29. The van der Waals surface area contributed by atoms with E-state index in [-0.39, 0.29) is 37.0 Å². The van der Waals surface area contributed by atoms with Crippen LogP contribution < -0.4 is 5.32 Å². The van der Waals surface area contributed by atoms with Crippen LogP contribution in [0.3, 0.4) is 0 Å². The molecule has 0 aromatic heterocycles. The molecule has 22 heavy (non-hydrogen) atoms. The highest BCUT2D eigenvalue weighted by Gasteiger charge is 2.06. The number of hydrogen-bond donors (Lipinski definition) is 2. The molecule has 126 valence electrons. The summed E-state index contributed by atoms with van der Waals surface area (Å²) in [6, 6.07) is 0. The van der Waals surface area contributed by atoms with Crippen molar-refractivity contribution in [3.63, 3.8) is 0 Å². The number of carboxylic acid groups (broad SMARTS) is 1. The third-order valence-electron chi connectivity index (χ3n) is 2.58. The Morgan fingerprint density at radius 3 is 2.41 bits per heavy atom. The third-order valence-corrected chi connectivity index (χ3v) is 3.48. The van der Waals surface area contributed by atoms with Crippen molar-refractivity contribution in [2.24, 2.45) is 0 Å². The Bertz CT molecular complexity index is 386. The first-order valence-corrected chi connectivity index (χ1v) is 8.18. The average molecular weight is 333 g/mol. The Morgan fingerprint density at radius 2 is 1.77 bits per heavy atom. The van der Waals surface area contributed by atoms with E-state index in [4.69, 9.17) is 9.84 Å². The fraction of sp³-hybridized carbons (Fsp3) is 0.714. The molecular formula is C14H23NO6S. The molecule has 1 amide bonds. The van der Waals surface area contributed by atoms with Crippen LogP contribution in [0.25, 0.3) is 0 Å². The highest BCUT2D eigenvalue weighted by atomic mass is 32.2. The molecule has 0 saturated carbocycles. The molecular weight excluding hydrogens is 310 g/mol. The van der Waals surface area contributed by atoms with Gasteiger partial charge in [-0.1, -0.05) is 18.2 Å². The van der Waals surface area contributed by atoms with E-state index in [1.165, 1.54) is 18.7 Å². The monoisotopic (exact) mass is 333 g/mol.